The van der Waals surface area contributed by atoms with Gasteiger partial charge < -0.3 is 14.4 Å². The van der Waals surface area contributed by atoms with E-state index < -0.39 is 0 Å². The third-order valence-electron chi connectivity index (χ3n) is 5.08. The highest BCUT2D eigenvalue weighted by molar-refractivity contribution is 6.30. The van der Waals surface area contributed by atoms with Crippen LogP contribution in [0.1, 0.15) is 29.1 Å². The van der Waals surface area contributed by atoms with E-state index in [4.69, 9.17) is 21.1 Å². The van der Waals surface area contributed by atoms with Crippen molar-refractivity contribution < 1.29 is 14.3 Å². The van der Waals surface area contributed by atoms with Gasteiger partial charge in [-0.25, -0.2) is 9.67 Å². The Labute approximate surface area is 185 Å². The molecule has 1 saturated heterocycles. The first kappa shape index (κ1) is 21.3. The van der Waals surface area contributed by atoms with Crippen molar-refractivity contribution in [3.8, 4) is 5.75 Å². The molecule has 0 spiro atoms. The van der Waals surface area contributed by atoms with E-state index in [0.29, 0.717) is 43.6 Å². The third-order valence-corrected chi connectivity index (χ3v) is 5.32. The van der Waals surface area contributed by atoms with Gasteiger partial charge in [0.2, 0.25) is 5.91 Å². The molecular formula is C21H25ClN6O3. The molecule has 1 unspecified atom stereocenters. The number of aromatic amines is 1. The molecular weight excluding hydrogens is 420 g/mol. The lowest BCUT2D eigenvalue weighted by atomic mass is 10.2. The largest absolute Gasteiger partial charge is 0.493 e. The molecule has 3 heterocycles. The molecule has 9 nitrogen and oxygen atoms in total. The fourth-order valence-corrected chi connectivity index (χ4v) is 3.68. The maximum Gasteiger partial charge on any atom is 0.244 e. The van der Waals surface area contributed by atoms with Crippen molar-refractivity contribution in [3.63, 3.8) is 0 Å². The second kappa shape index (κ2) is 9.49. The van der Waals surface area contributed by atoms with Gasteiger partial charge in [-0.05, 0) is 38.1 Å². The fourth-order valence-electron chi connectivity index (χ4n) is 3.50. The van der Waals surface area contributed by atoms with Crippen LogP contribution in [0.5, 0.6) is 5.75 Å². The lowest BCUT2D eigenvalue weighted by Gasteiger charge is -2.32. The van der Waals surface area contributed by atoms with E-state index in [0.717, 1.165) is 23.0 Å². The van der Waals surface area contributed by atoms with Crippen molar-refractivity contribution in [1.29, 1.82) is 0 Å². The van der Waals surface area contributed by atoms with Crippen LogP contribution in [-0.2, 0) is 22.5 Å². The molecule has 0 aliphatic carbocycles. The number of aromatic nitrogens is 5. The Morgan fingerprint density at radius 1 is 1.35 bits per heavy atom. The van der Waals surface area contributed by atoms with Gasteiger partial charge in [-0.2, -0.15) is 10.2 Å². The number of hydrogen-bond donors (Lipinski definition) is 1. The molecule has 4 rings (SSSR count). The summed E-state index contributed by atoms with van der Waals surface area (Å²) in [5.41, 5.74) is 1.72. The van der Waals surface area contributed by atoms with Crippen LogP contribution in [0.3, 0.4) is 0 Å². The quantitative estimate of drug-likeness (QED) is 0.601. The molecule has 164 valence electrons. The summed E-state index contributed by atoms with van der Waals surface area (Å²) in [6, 6.07) is 9.27. The standard InChI is InChI=1S/C21H25ClN6O3/c1-14-23-15(2)28(26-14)13-21(29)27-7-9-31-20(12-27)19-11-17(24-25-19)6-8-30-18-5-3-4-16(22)10-18/h3-5,10-11,20H,6-9,12-13H2,1-2H3,(H,24,25). The Balaban J connectivity index is 1.30. The number of halogens is 1. The van der Waals surface area contributed by atoms with E-state index in [-0.39, 0.29) is 18.6 Å². The molecule has 3 aromatic rings. The number of ether oxygens (including phenoxy) is 2. The van der Waals surface area contributed by atoms with Crippen LogP contribution >= 0.6 is 11.6 Å². The highest BCUT2D eigenvalue weighted by atomic mass is 35.5. The summed E-state index contributed by atoms with van der Waals surface area (Å²) in [6.45, 7) is 5.79. The summed E-state index contributed by atoms with van der Waals surface area (Å²) in [7, 11) is 0. The van der Waals surface area contributed by atoms with Gasteiger partial charge in [0.25, 0.3) is 0 Å². The highest BCUT2D eigenvalue weighted by Crippen LogP contribution is 2.22. The van der Waals surface area contributed by atoms with Crippen molar-refractivity contribution in [2.24, 2.45) is 0 Å². The van der Waals surface area contributed by atoms with Gasteiger partial charge in [0.1, 0.15) is 30.0 Å². The maximum absolute atomic E-state index is 12.7. The number of amides is 1. The minimum absolute atomic E-state index is 0.00742. The average Bonchev–Trinajstić information content (AvgIpc) is 3.34. The predicted octanol–water partition coefficient (Wildman–Crippen LogP) is 2.49. The van der Waals surface area contributed by atoms with Crippen molar-refractivity contribution in [2.45, 2.75) is 32.9 Å². The first-order valence-corrected chi connectivity index (χ1v) is 10.6. The van der Waals surface area contributed by atoms with E-state index in [1.54, 1.807) is 15.6 Å². The van der Waals surface area contributed by atoms with Gasteiger partial charge in [0, 0.05) is 23.7 Å². The summed E-state index contributed by atoms with van der Waals surface area (Å²) in [6.07, 6.45) is 0.398. The van der Waals surface area contributed by atoms with Gasteiger partial charge in [-0.1, -0.05) is 17.7 Å². The Bertz CT molecular complexity index is 1050. The van der Waals surface area contributed by atoms with E-state index in [9.17, 15) is 4.79 Å². The van der Waals surface area contributed by atoms with Crippen molar-refractivity contribution in [3.05, 3.63) is 58.4 Å². The second-order valence-electron chi connectivity index (χ2n) is 7.44. The first-order chi connectivity index (χ1) is 15.0. The molecule has 0 bridgehead atoms. The van der Waals surface area contributed by atoms with Crippen molar-refractivity contribution in [1.82, 2.24) is 29.9 Å². The van der Waals surface area contributed by atoms with E-state index in [1.165, 1.54) is 0 Å². The van der Waals surface area contributed by atoms with E-state index in [2.05, 4.69) is 20.3 Å². The summed E-state index contributed by atoms with van der Waals surface area (Å²) < 4.78 is 13.2. The van der Waals surface area contributed by atoms with Crippen LogP contribution < -0.4 is 4.74 Å². The van der Waals surface area contributed by atoms with Gasteiger partial charge in [0.05, 0.1) is 25.5 Å². The molecule has 2 aromatic heterocycles. The monoisotopic (exact) mass is 444 g/mol. The van der Waals surface area contributed by atoms with Gasteiger partial charge in [-0.3, -0.25) is 9.89 Å². The number of rotatable bonds is 7. The van der Waals surface area contributed by atoms with Gasteiger partial charge >= 0.3 is 0 Å². The topological polar surface area (TPSA) is 98.2 Å². The summed E-state index contributed by atoms with van der Waals surface area (Å²) in [5, 5.41) is 12.3. The Kier molecular flexibility index (Phi) is 6.53. The molecule has 1 fully saturated rings. The number of carbonyl (C=O) groups excluding carboxylic acids is 1. The number of nitrogens with zero attached hydrogens (tertiary/aromatic N) is 5. The summed E-state index contributed by atoms with van der Waals surface area (Å²) >= 11 is 5.97. The fraction of sp³-hybridized carbons (Fsp3) is 0.429. The highest BCUT2D eigenvalue weighted by Gasteiger charge is 2.27. The second-order valence-corrected chi connectivity index (χ2v) is 7.87. The van der Waals surface area contributed by atoms with Crippen molar-refractivity contribution in [2.75, 3.05) is 26.3 Å². The molecule has 1 atom stereocenters. The number of carbonyl (C=O) groups is 1. The number of H-pyrrole nitrogens is 1. The minimum atomic E-state index is -0.268. The minimum Gasteiger partial charge on any atom is -0.493 e. The van der Waals surface area contributed by atoms with Gasteiger partial charge in [-0.15, -0.1) is 0 Å². The zero-order chi connectivity index (χ0) is 21.8. The van der Waals surface area contributed by atoms with Crippen LogP contribution in [0.15, 0.2) is 30.3 Å². The van der Waals surface area contributed by atoms with Crippen LogP contribution in [0.2, 0.25) is 5.02 Å². The summed E-state index contributed by atoms with van der Waals surface area (Å²) in [4.78, 5) is 18.8. The van der Waals surface area contributed by atoms with Gasteiger partial charge in [0.15, 0.2) is 0 Å². The number of hydrogen-bond acceptors (Lipinski definition) is 6. The van der Waals surface area contributed by atoms with Crippen molar-refractivity contribution >= 4 is 17.5 Å². The molecule has 1 N–H and O–H groups in total. The molecule has 1 aromatic carbocycles. The predicted molar refractivity (Wildman–Crippen MR) is 114 cm³/mol. The van der Waals surface area contributed by atoms with Crippen LogP contribution in [0.25, 0.3) is 0 Å². The normalized spacial score (nSPS) is 16.5. The van der Waals surface area contributed by atoms with Crippen LogP contribution in [-0.4, -0.2) is 62.1 Å². The van der Waals surface area contributed by atoms with E-state index in [1.807, 2.05) is 38.1 Å². The number of morpholine rings is 1. The molecule has 0 saturated carbocycles. The molecule has 31 heavy (non-hydrogen) atoms. The number of aryl methyl sites for hydroxylation is 2. The van der Waals surface area contributed by atoms with Crippen LogP contribution in [0.4, 0.5) is 0 Å². The summed E-state index contributed by atoms with van der Waals surface area (Å²) in [5.74, 6) is 2.11. The SMILES string of the molecule is Cc1nc(C)n(CC(=O)N2CCOC(c3cc(CCOc4cccc(Cl)c4)[nH]n3)C2)n1. The molecule has 0 radical (unpaired) electrons. The third kappa shape index (κ3) is 5.42. The molecule has 1 aliphatic rings. The zero-order valence-corrected chi connectivity index (χ0v) is 18.3. The molecule has 1 amide bonds. The van der Waals surface area contributed by atoms with E-state index >= 15 is 0 Å². The maximum atomic E-state index is 12.7. The lowest BCUT2D eigenvalue weighted by Crippen LogP contribution is -2.44. The molecule has 1 aliphatic heterocycles. The Morgan fingerprint density at radius 3 is 3.00 bits per heavy atom. The average molecular weight is 445 g/mol. The lowest BCUT2D eigenvalue weighted by molar-refractivity contribution is -0.140. The zero-order valence-electron chi connectivity index (χ0n) is 17.5. The van der Waals surface area contributed by atoms with Crippen LogP contribution in [0, 0.1) is 13.8 Å². The molecule has 10 heteroatoms. The smallest absolute Gasteiger partial charge is 0.244 e. The first-order valence-electron chi connectivity index (χ1n) is 10.2. The number of benzene rings is 1. The number of nitrogens with one attached hydrogen (secondary N) is 1. The Morgan fingerprint density at radius 2 is 2.23 bits per heavy atom. The Hall–Kier alpha value is -2.91.